The van der Waals surface area contributed by atoms with Gasteiger partial charge < -0.3 is 19.9 Å². The molecule has 0 bridgehead atoms. The first-order valence-electron chi connectivity index (χ1n) is 12.1. The fourth-order valence-electron chi connectivity index (χ4n) is 5.22. The number of carbonyl (C=O) groups is 2. The van der Waals surface area contributed by atoms with Gasteiger partial charge in [0.05, 0.1) is 11.3 Å². The maximum atomic E-state index is 14.0. The molecule has 3 heterocycles. The van der Waals surface area contributed by atoms with Crippen molar-refractivity contribution in [2.24, 2.45) is 0 Å². The van der Waals surface area contributed by atoms with Crippen LogP contribution < -0.4 is 10.2 Å². The van der Waals surface area contributed by atoms with Crippen LogP contribution >= 0.6 is 0 Å². The van der Waals surface area contributed by atoms with Crippen LogP contribution in [0.15, 0.2) is 35.4 Å². The van der Waals surface area contributed by atoms with Gasteiger partial charge in [-0.25, -0.2) is 9.18 Å². The van der Waals surface area contributed by atoms with Crippen molar-refractivity contribution in [1.82, 2.24) is 15.1 Å². The second-order valence-corrected chi connectivity index (χ2v) is 9.21. The first-order chi connectivity index (χ1) is 15.9. The van der Waals surface area contributed by atoms with Crippen LogP contribution in [-0.4, -0.2) is 86.2 Å². The number of rotatable bonds is 7. The van der Waals surface area contributed by atoms with Crippen molar-refractivity contribution in [2.45, 2.75) is 38.7 Å². The smallest absolute Gasteiger partial charge is 0.335 e. The second kappa shape index (κ2) is 10.2. The fraction of sp³-hybridized carbons (Fsp3) is 0.600. The molecule has 4 rings (SSSR count). The van der Waals surface area contributed by atoms with Gasteiger partial charge in [-0.15, -0.1) is 0 Å². The standard InChI is InChI=1S/C25H35FN4O3/c1-3-28-13-9-25(10-14-28)22(19(2)24(32)33-25)23(31)27-11-6-12-29-15-17-30(18-16-29)21-8-5-4-7-20(21)26/h4-5,7-8H,3,6,9-18H2,1-2H3,(H,27,31). The zero-order valence-electron chi connectivity index (χ0n) is 19.7. The molecule has 7 nitrogen and oxygen atoms in total. The SMILES string of the molecule is CCN1CCC2(CC1)OC(=O)C(C)=C2C(=O)NCCCN1CCN(c2ccccc2F)CC1. The highest BCUT2D eigenvalue weighted by molar-refractivity contribution is 6.07. The van der Waals surface area contributed by atoms with E-state index in [0.29, 0.717) is 36.2 Å². The van der Waals surface area contributed by atoms with Gasteiger partial charge in [-0.1, -0.05) is 19.1 Å². The maximum absolute atomic E-state index is 14.0. The maximum Gasteiger partial charge on any atom is 0.335 e. The van der Waals surface area contributed by atoms with Gasteiger partial charge in [0.15, 0.2) is 0 Å². The number of piperidine rings is 1. The molecule has 1 N–H and O–H groups in total. The third kappa shape index (κ3) is 5.06. The Balaban J connectivity index is 1.23. The number of halogens is 1. The quantitative estimate of drug-likeness (QED) is 0.499. The Morgan fingerprint density at radius 2 is 1.79 bits per heavy atom. The first-order valence-corrected chi connectivity index (χ1v) is 12.1. The summed E-state index contributed by atoms with van der Waals surface area (Å²) in [7, 11) is 0. The summed E-state index contributed by atoms with van der Waals surface area (Å²) in [6.45, 7) is 11.2. The molecule has 1 aromatic carbocycles. The van der Waals surface area contributed by atoms with E-state index in [1.54, 1.807) is 13.0 Å². The van der Waals surface area contributed by atoms with Crippen molar-refractivity contribution in [1.29, 1.82) is 0 Å². The lowest BCUT2D eigenvalue weighted by Crippen LogP contribution is -2.49. The summed E-state index contributed by atoms with van der Waals surface area (Å²) in [5.41, 5.74) is 0.878. The molecule has 1 spiro atoms. The van der Waals surface area contributed by atoms with Crippen molar-refractivity contribution in [2.75, 3.05) is 63.8 Å². The molecular weight excluding hydrogens is 423 g/mol. The number of ether oxygens (including phenoxy) is 1. The van der Waals surface area contributed by atoms with E-state index in [0.717, 1.165) is 58.8 Å². The summed E-state index contributed by atoms with van der Waals surface area (Å²) < 4.78 is 19.8. The van der Waals surface area contributed by atoms with Gasteiger partial charge in [0.2, 0.25) is 0 Å². The predicted octanol–water partition coefficient (Wildman–Crippen LogP) is 2.18. The second-order valence-electron chi connectivity index (χ2n) is 9.21. The Morgan fingerprint density at radius 3 is 2.45 bits per heavy atom. The lowest BCUT2D eigenvalue weighted by Gasteiger charge is -2.39. The molecular formula is C25H35FN4O3. The summed E-state index contributed by atoms with van der Waals surface area (Å²) in [6.07, 6.45) is 2.15. The van der Waals surface area contributed by atoms with Crippen molar-refractivity contribution in [3.05, 3.63) is 41.2 Å². The average molecular weight is 459 g/mol. The number of piperazine rings is 1. The van der Waals surface area contributed by atoms with Crippen molar-refractivity contribution in [3.63, 3.8) is 0 Å². The van der Waals surface area contributed by atoms with Crippen molar-refractivity contribution >= 4 is 17.6 Å². The lowest BCUT2D eigenvalue weighted by atomic mass is 9.82. The number of esters is 1. The number of hydrogen-bond acceptors (Lipinski definition) is 6. The Kier molecular flexibility index (Phi) is 7.34. The minimum absolute atomic E-state index is 0.173. The number of hydrogen-bond donors (Lipinski definition) is 1. The van der Waals surface area contributed by atoms with E-state index < -0.39 is 5.60 Å². The molecule has 1 amide bonds. The van der Waals surface area contributed by atoms with Crippen LogP contribution in [0.5, 0.6) is 0 Å². The number of nitrogens with one attached hydrogen (secondary N) is 1. The molecule has 8 heteroatoms. The Hall–Kier alpha value is -2.45. The van der Waals surface area contributed by atoms with E-state index in [1.807, 2.05) is 12.1 Å². The van der Waals surface area contributed by atoms with Crippen LogP contribution in [0.1, 0.15) is 33.1 Å². The van der Waals surface area contributed by atoms with Crippen LogP contribution in [0.4, 0.5) is 10.1 Å². The molecule has 0 atom stereocenters. The molecule has 2 saturated heterocycles. The predicted molar refractivity (Wildman–Crippen MR) is 126 cm³/mol. The number of para-hydroxylation sites is 1. The van der Waals surface area contributed by atoms with Gasteiger partial charge in [-0.2, -0.15) is 0 Å². The fourth-order valence-corrected chi connectivity index (χ4v) is 5.22. The van der Waals surface area contributed by atoms with Gasteiger partial charge in [0.1, 0.15) is 11.4 Å². The molecule has 0 saturated carbocycles. The van der Waals surface area contributed by atoms with Crippen LogP contribution in [0.3, 0.4) is 0 Å². The van der Waals surface area contributed by atoms with E-state index in [1.165, 1.54) is 6.07 Å². The van der Waals surface area contributed by atoms with E-state index >= 15 is 0 Å². The van der Waals surface area contributed by atoms with E-state index in [9.17, 15) is 14.0 Å². The molecule has 0 aliphatic carbocycles. The highest BCUT2D eigenvalue weighted by Gasteiger charge is 2.50. The summed E-state index contributed by atoms with van der Waals surface area (Å²) in [5, 5.41) is 3.02. The van der Waals surface area contributed by atoms with Gasteiger partial charge in [-0.05, 0) is 38.6 Å². The Labute approximate surface area is 195 Å². The minimum atomic E-state index is -0.764. The van der Waals surface area contributed by atoms with E-state index in [4.69, 9.17) is 4.74 Å². The van der Waals surface area contributed by atoms with E-state index in [-0.39, 0.29) is 17.7 Å². The molecule has 1 aromatic rings. The van der Waals surface area contributed by atoms with Crippen LogP contribution in [0.25, 0.3) is 0 Å². The normalized spacial score (nSPS) is 21.5. The van der Waals surface area contributed by atoms with Gasteiger partial charge in [0.25, 0.3) is 5.91 Å². The molecule has 3 aliphatic heterocycles. The summed E-state index contributed by atoms with van der Waals surface area (Å²) in [6, 6.07) is 6.91. The summed E-state index contributed by atoms with van der Waals surface area (Å²) >= 11 is 0. The highest BCUT2D eigenvalue weighted by atomic mass is 19.1. The summed E-state index contributed by atoms with van der Waals surface area (Å²) in [4.78, 5) is 32.1. The number of nitrogens with zero attached hydrogens (tertiary/aromatic N) is 3. The van der Waals surface area contributed by atoms with Crippen molar-refractivity contribution in [3.8, 4) is 0 Å². The van der Waals surface area contributed by atoms with Crippen LogP contribution in [0.2, 0.25) is 0 Å². The molecule has 0 radical (unpaired) electrons. The number of anilines is 1. The molecule has 0 aromatic heterocycles. The summed E-state index contributed by atoms with van der Waals surface area (Å²) in [5.74, 6) is -0.712. The van der Waals surface area contributed by atoms with E-state index in [2.05, 4.69) is 26.9 Å². The highest BCUT2D eigenvalue weighted by Crippen LogP contribution is 2.41. The zero-order valence-corrected chi connectivity index (χ0v) is 19.7. The first kappa shape index (κ1) is 23.7. The number of carbonyl (C=O) groups excluding carboxylic acids is 2. The molecule has 2 fully saturated rings. The molecule has 3 aliphatic rings. The third-order valence-electron chi connectivity index (χ3n) is 7.26. The molecule has 180 valence electrons. The van der Waals surface area contributed by atoms with Crippen LogP contribution in [0, 0.1) is 5.82 Å². The Morgan fingerprint density at radius 1 is 1.09 bits per heavy atom. The third-order valence-corrected chi connectivity index (χ3v) is 7.26. The molecule has 0 unspecified atom stereocenters. The molecule has 33 heavy (non-hydrogen) atoms. The van der Waals surface area contributed by atoms with Crippen LogP contribution in [-0.2, 0) is 14.3 Å². The number of benzene rings is 1. The van der Waals surface area contributed by atoms with Gasteiger partial charge in [-0.3, -0.25) is 9.69 Å². The topological polar surface area (TPSA) is 65.1 Å². The average Bonchev–Trinajstić information content (AvgIpc) is 3.07. The minimum Gasteiger partial charge on any atom is -0.450 e. The zero-order chi connectivity index (χ0) is 23.4. The largest absolute Gasteiger partial charge is 0.450 e. The lowest BCUT2D eigenvalue weighted by molar-refractivity contribution is -0.150. The van der Waals surface area contributed by atoms with Gasteiger partial charge >= 0.3 is 5.97 Å². The van der Waals surface area contributed by atoms with Gasteiger partial charge in [0, 0.05) is 64.2 Å². The number of likely N-dealkylation sites (tertiary alicyclic amines) is 1. The monoisotopic (exact) mass is 458 g/mol. The Bertz CT molecular complexity index is 903. The number of amides is 1. The van der Waals surface area contributed by atoms with Crippen molar-refractivity contribution < 1.29 is 18.7 Å².